The number of ketones is 1. The molecule has 1 saturated heterocycles. The van der Waals surface area contributed by atoms with Crippen molar-refractivity contribution in [3.8, 4) is 17.2 Å². The van der Waals surface area contributed by atoms with Crippen LogP contribution in [-0.4, -0.2) is 61.8 Å². The molecule has 0 aromatic heterocycles. The van der Waals surface area contributed by atoms with Gasteiger partial charge in [0.15, 0.2) is 11.5 Å². The van der Waals surface area contributed by atoms with E-state index in [0.29, 0.717) is 67.8 Å². The summed E-state index contributed by atoms with van der Waals surface area (Å²) in [6, 6.07) is 11.4. The lowest BCUT2D eigenvalue weighted by atomic mass is 9.95. The molecule has 2 aromatic carbocycles. The number of benzene rings is 2. The van der Waals surface area contributed by atoms with E-state index in [1.165, 1.54) is 4.90 Å². The minimum atomic E-state index is -0.731. The normalized spacial score (nSPS) is 19.1. The maximum absolute atomic E-state index is 13.1. The van der Waals surface area contributed by atoms with Gasteiger partial charge in [0.1, 0.15) is 24.7 Å². The highest BCUT2D eigenvalue weighted by Crippen LogP contribution is 2.41. The molecule has 0 saturated carbocycles. The van der Waals surface area contributed by atoms with Crippen LogP contribution < -0.4 is 14.2 Å². The molecule has 33 heavy (non-hydrogen) atoms. The first kappa shape index (κ1) is 22.7. The number of fused-ring (bicyclic) bond motifs is 1. The third-order valence-electron chi connectivity index (χ3n) is 5.61. The molecular weight excluding hydrogens is 426 g/mol. The van der Waals surface area contributed by atoms with Gasteiger partial charge in [0.25, 0.3) is 11.7 Å². The fourth-order valence-electron chi connectivity index (χ4n) is 4.10. The zero-order valence-electron chi connectivity index (χ0n) is 18.7. The maximum Gasteiger partial charge on any atom is 0.295 e. The lowest BCUT2D eigenvalue weighted by Gasteiger charge is -2.25. The Kier molecular flexibility index (Phi) is 6.84. The van der Waals surface area contributed by atoms with Crippen LogP contribution >= 0.6 is 0 Å². The number of aliphatic hydroxyl groups is 1. The number of nitrogens with zero attached hydrogens (tertiary/aromatic N) is 1. The highest BCUT2D eigenvalue weighted by molar-refractivity contribution is 6.46. The number of hydrogen-bond acceptors (Lipinski definition) is 7. The molecule has 4 rings (SSSR count). The largest absolute Gasteiger partial charge is 0.507 e. The Morgan fingerprint density at radius 1 is 1.09 bits per heavy atom. The Morgan fingerprint density at radius 3 is 2.52 bits per heavy atom. The van der Waals surface area contributed by atoms with E-state index in [1.807, 2.05) is 19.1 Å². The van der Waals surface area contributed by atoms with E-state index < -0.39 is 17.7 Å². The van der Waals surface area contributed by atoms with Crippen molar-refractivity contribution in [2.24, 2.45) is 0 Å². The van der Waals surface area contributed by atoms with Gasteiger partial charge >= 0.3 is 0 Å². The number of hydrogen-bond donors (Lipinski definition) is 1. The average molecular weight is 453 g/mol. The minimum Gasteiger partial charge on any atom is -0.507 e. The maximum atomic E-state index is 13.1. The van der Waals surface area contributed by atoms with E-state index in [0.717, 1.165) is 0 Å². The summed E-state index contributed by atoms with van der Waals surface area (Å²) in [4.78, 5) is 27.5. The third kappa shape index (κ3) is 4.52. The van der Waals surface area contributed by atoms with Crippen LogP contribution in [0.3, 0.4) is 0 Å². The van der Waals surface area contributed by atoms with Gasteiger partial charge in [-0.1, -0.05) is 12.1 Å². The van der Waals surface area contributed by atoms with Crippen molar-refractivity contribution in [3.63, 3.8) is 0 Å². The molecule has 1 N–H and O–H groups in total. The van der Waals surface area contributed by atoms with Crippen LogP contribution in [0, 0.1) is 0 Å². The van der Waals surface area contributed by atoms with Crippen LogP contribution in [0.4, 0.5) is 0 Å². The van der Waals surface area contributed by atoms with Gasteiger partial charge < -0.3 is 29.0 Å². The Morgan fingerprint density at radius 2 is 1.82 bits per heavy atom. The van der Waals surface area contributed by atoms with Gasteiger partial charge in [0.2, 0.25) is 0 Å². The molecule has 2 aromatic rings. The second-order valence-corrected chi connectivity index (χ2v) is 7.70. The molecule has 1 unspecified atom stereocenters. The van der Waals surface area contributed by atoms with E-state index >= 15 is 0 Å². The van der Waals surface area contributed by atoms with E-state index in [4.69, 9.17) is 18.9 Å². The first-order valence-corrected chi connectivity index (χ1v) is 10.9. The van der Waals surface area contributed by atoms with Gasteiger partial charge in [-0.05, 0) is 49.2 Å². The molecular formula is C25H27NO7. The van der Waals surface area contributed by atoms with Gasteiger partial charge in [0, 0.05) is 25.8 Å². The Hall–Kier alpha value is -3.52. The number of likely N-dealkylation sites (tertiary alicyclic amines) is 1. The van der Waals surface area contributed by atoms with Gasteiger partial charge in [0.05, 0.1) is 18.2 Å². The van der Waals surface area contributed by atoms with Crippen molar-refractivity contribution in [2.75, 3.05) is 40.1 Å². The zero-order valence-corrected chi connectivity index (χ0v) is 18.7. The topological polar surface area (TPSA) is 94.5 Å². The highest BCUT2D eigenvalue weighted by atomic mass is 16.6. The van der Waals surface area contributed by atoms with Crippen molar-refractivity contribution in [1.29, 1.82) is 0 Å². The van der Waals surface area contributed by atoms with Crippen molar-refractivity contribution >= 4 is 17.4 Å². The molecule has 0 radical (unpaired) electrons. The standard InChI is InChI=1S/C25H27NO7/c1-3-31-18-8-5-16(6-9-18)22-21(24(28)25(29)26(22)11-4-12-30-2)23(27)17-7-10-19-20(15-17)33-14-13-32-19/h5-10,15,22,27H,3-4,11-14H2,1-2H3. The number of Topliss-reactive ketones (excluding diaryl/α,β-unsaturated/α-hetero) is 1. The fourth-order valence-corrected chi connectivity index (χ4v) is 4.10. The van der Waals surface area contributed by atoms with Gasteiger partial charge in [-0.15, -0.1) is 0 Å². The molecule has 174 valence electrons. The molecule has 0 aliphatic carbocycles. The minimum absolute atomic E-state index is 0.0401. The smallest absolute Gasteiger partial charge is 0.295 e. The van der Waals surface area contributed by atoms with Crippen molar-refractivity contribution in [1.82, 2.24) is 4.90 Å². The second kappa shape index (κ2) is 9.95. The van der Waals surface area contributed by atoms with Crippen molar-refractivity contribution in [3.05, 3.63) is 59.2 Å². The van der Waals surface area contributed by atoms with Crippen LogP contribution in [0.2, 0.25) is 0 Å². The van der Waals surface area contributed by atoms with Crippen LogP contribution in [0.5, 0.6) is 17.2 Å². The molecule has 1 amide bonds. The lowest BCUT2D eigenvalue weighted by molar-refractivity contribution is -0.140. The molecule has 2 aliphatic rings. The Balaban J connectivity index is 1.77. The summed E-state index contributed by atoms with van der Waals surface area (Å²) in [5.74, 6) is 0.115. The Bertz CT molecular complexity index is 1060. The number of ether oxygens (including phenoxy) is 4. The van der Waals surface area contributed by atoms with Gasteiger partial charge in [-0.3, -0.25) is 9.59 Å². The van der Waals surface area contributed by atoms with E-state index in [9.17, 15) is 14.7 Å². The van der Waals surface area contributed by atoms with Crippen LogP contribution in [0.1, 0.15) is 30.5 Å². The number of rotatable bonds is 8. The number of methoxy groups -OCH3 is 1. The summed E-state index contributed by atoms with van der Waals surface area (Å²) in [7, 11) is 1.58. The van der Waals surface area contributed by atoms with Crippen molar-refractivity contribution < 1.29 is 33.6 Å². The Labute approximate surface area is 192 Å². The summed E-state index contributed by atoms with van der Waals surface area (Å²) in [5.41, 5.74) is 1.12. The van der Waals surface area contributed by atoms with Crippen LogP contribution in [-0.2, 0) is 14.3 Å². The molecule has 1 atom stereocenters. The van der Waals surface area contributed by atoms with E-state index in [-0.39, 0.29) is 11.3 Å². The predicted molar refractivity (Wildman–Crippen MR) is 121 cm³/mol. The second-order valence-electron chi connectivity index (χ2n) is 7.70. The predicted octanol–water partition coefficient (Wildman–Crippen LogP) is 3.31. The molecule has 8 nitrogen and oxygen atoms in total. The number of amides is 1. The molecule has 2 heterocycles. The van der Waals surface area contributed by atoms with E-state index in [2.05, 4.69) is 0 Å². The average Bonchev–Trinajstić information content (AvgIpc) is 3.09. The molecule has 1 fully saturated rings. The van der Waals surface area contributed by atoms with Crippen molar-refractivity contribution in [2.45, 2.75) is 19.4 Å². The lowest BCUT2D eigenvalue weighted by Crippen LogP contribution is -2.31. The first-order valence-electron chi connectivity index (χ1n) is 10.9. The van der Waals surface area contributed by atoms with Gasteiger partial charge in [-0.25, -0.2) is 0 Å². The van der Waals surface area contributed by atoms with E-state index in [1.54, 1.807) is 37.4 Å². The first-order chi connectivity index (χ1) is 16.0. The fraction of sp³-hybridized carbons (Fsp3) is 0.360. The summed E-state index contributed by atoms with van der Waals surface area (Å²) in [6.45, 7) is 4.02. The number of aliphatic hydroxyl groups excluding tert-OH is 1. The molecule has 0 bridgehead atoms. The van der Waals surface area contributed by atoms with Gasteiger partial charge in [-0.2, -0.15) is 0 Å². The number of carbonyl (C=O) groups excluding carboxylic acids is 2. The molecule has 0 spiro atoms. The summed E-state index contributed by atoms with van der Waals surface area (Å²) in [6.07, 6.45) is 0.557. The van der Waals surface area contributed by atoms with Crippen LogP contribution in [0.15, 0.2) is 48.0 Å². The number of carbonyl (C=O) groups is 2. The monoisotopic (exact) mass is 453 g/mol. The summed E-state index contributed by atoms with van der Waals surface area (Å²) < 4.78 is 21.8. The van der Waals surface area contributed by atoms with Crippen LogP contribution in [0.25, 0.3) is 5.76 Å². The highest BCUT2D eigenvalue weighted by Gasteiger charge is 2.45. The SMILES string of the molecule is CCOc1ccc(C2C(=C(O)c3ccc4c(c3)OCCO4)C(=O)C(=O)N2CCCOC)cc1. The summed E-state index contributed by atoms with van der Waals surface area (Å²) in [5, 5.41) is 11.2. The molecule has 2 aliphatic heterocycles. The summed E-state index contributed by atoms with van der Waals surface area (Å²) >= 11 is 0. The molecule has 8 heteroatoms. The third-order valence-corrected chi connectivity index (χ3v) is 5.61. The quantitative estimate of drug-likeness (QED) is 0.284. The zero-order chi connectivity index (χ0) is 23.4.